The van der Waals surface area contributed by atoms with Gasteiger partial charge in [-0.25, -0.2) is 0 Å². The van der Waals surface area contributed by atoms with Gasteiger partial charge in [0.15, 0.2) is 0 Å². The fourth-order valence-corrected chi connectivity index (χ4v) is 3.50. The summed E-state index contributed by atoms with van der Waals surface area (Å²) in [6.07, 6.45) is 3.02. The summed E-state index contributed by atoms with van der Waals surface area (Å²) in [5.74, 6) is 2.27. The van der Waals surface area contributed by atoms with E-state index >= 15 is 0 Å². The van der Waals surface area contributed by atoms with Gasteiger partial charge in [0.1, 0.15) is 5.76 Å². The third-order valence-corrected chi connectivity index (χ3v) is 5.15. The lowest BCUT2D eigenvalue weighted by Crippen LogP contribution is -2.35. The van der Waals surface area contributed by atoms with Crippen LogP contribution in [0.5, 0.6) is 0 Å². The molecule has 0 amide bonds. The topological polar surface area (TPSA) is 28.4 Å². The molecule has 2 rings (SSSR count). The van der Waals surface area contributed by atoms with Crippen molar-refractivity contribution in [3.8, 4) is 0 Å². The van der Waals surface area contributed by atoms with Gasteiger partial charge in [-0.2, -0.15) is 11.8 Å². The van der Waals surface area contributed by atoms with Crippen LogP contribution in [0.25, 0.3) is 0 Å². The van der Waals surface area contributed by atoms with Gasteiger partial charge in [-0.05, 0) is 32.0 Å². The van der Waals surface area contributed by atoms with Crippen LogP contribution in [0.1, 0.15) is 39.0 Å². The first-order valence-electron chi connectivity index (χ1n) is 7.20. The van der Waals surface area contributed by atoms with E-state index < -0.39 is 0 Å². The molecule has 0 bridgehead atoms. The van der Waals surface area contributed by atoms with E-state index in [1.165, 1.54) is 25.3 Å². The zero-order valence-electron chi connectivity index (χ0n) is 12.3. The lowest BCUT2D eigenvalue weighted by atomic mass is 10.1. The molecule has 1 aliphatic rings. The largest absolute Gasteiger partial charge is 0.468 e. The van der Waals surface area contributed by atoms with Crippen LogP contribution in [0.2, 0.25) is 0 Å². The molecule has 3 nitrogen and oxygen atoms in total. The molecule has 0 aliphatic carbocycles. The number of nitrogens with one attached hydrogen (secondary N) is 1. The molecular weight excluding hydrogens is 256 g/mol. The lowest BCUT2D eigenvalue weighted by molar-refractivity contribution is 0.277. The Labute approximate surface area is 121 Å². The highest BCUT2D eigenvalue weighted by molar-refractivity contribution is 8.00. The van der Waals surface area contributed by atoms with Gasteiger partial charge in [0.2, 0.25) is 0 Å². The molecule has 108 valence electrons. The van der Waals surface area contributed by atoms with Gasteiger partial charge < -0.3 is 14.6 Å². The summed E-state index contributed by atoms with van der Waals surface area (Å²) in [7, 11) is 0. The van der Waals surface area contributed by atoms with E-state index in [1.807, 2.05) is 12.1 Å². The predicted octanol–water partition coefficient (Wildman–Crippen LogP) is 3.15. The van der Waals surface area contributed by atoms with E-state index in [-0.39, 0.29) is 0 Å². The standard InChI is InChI=1S/C15H26N2OS/c1-13(14-5-4-11-18-14)16-7-9-17-8-6-15(2,3)19-12-10-17/h4-5,11,13,16H,6-10,12H2,1-3H3. The molecule has 0 aromatic carbocycles. The van der Waals surface area contributed by atoms with Crippen LogP contribution in [-0.4, -0.2) is 41.6 Å². The molecule has 1 atom stereocenters. The average molecular weight is 282 g/mol. The molecule has 1 unspecified atom stereocenters. The van der Waals surface area contributed by atoms with Crippen molar-refractivity contribution in [3.05, 3.63) is 24.2 Å². The molecule has 19 heavy (non-hydrogen) atoms. The van der Waals surface area contributed by atoms with Gasteiger partial charge in [-0.15, -0.1) is 0 Å². The van der Waals surface area contributed by atoms with E-state index in [4.69, 9.17) is 4.42 Å². The van der Waals surface area contributed by atoms with Crippen molar-refractivity contribution >= 4 is 11.8 Å². The van der Waals surface area contributed by atoms with Crippen LogP contribution in [-0.2, 0) is 0 Å². The second kappa shape index (κ2) is 6.82. The van der Waals surface area contributed by atoms with E-state index in [2.05, 4.69) is 42.7 Å². The summed E-state index contributed by atoms with van der Waals surface area (Å²) in [6.45, 7) is 11.5. The highest BCUT2D eigenvalue weighted by atomic mass is 32.2. The van der Waals surface area contributed by atoms with E-state index in [9.17, 15) is 0 Å². The van der Waals surface area contributed by atoms with Crippen molar-refractivity contribution in [2.45, 2.75) is 38.0 Å². The Kier molecular flexibility index (Phi) is 5.37. The fourth-order valence-electron chi connectivity index (χ4n) is 2.36. The molecule has 1 N–H and O–H groups in total. The first kappa shape index (κ1) is 14.9. The van der Waals surface area contributed by atoms with Crippen LogP contribution in [0.4, 0.5) is 0 Å². The minimum Gasteiger partial charge on any atom is -0.468 e. The van der Waals surface area contributed by atoms with Crippen LogP contribution in [0.3, 0.4) is 0 Å². The third-order valence-electron chi connectivity index (χ3n) is 3.78. The predicted molar refractivity (Wildman–Crippen MR) is 82.7 cm³/mol. The van der Waals surface area contributed by atoms with Crippen molar-refractivity contribution in [3.63, 3.8) is 0 Å². The fraction of sp³-hybridized carbons (Fsp3) is 0.733. The van der Waals surface area contributed by atoms with Gasteiger partial charge in [-0.1, -0.05) is 13.8 Å². The Hall–Kier alpha value is -0.450. The number of rotatable bonds is 5. The molecular formula is C15H26N2OS. The molecule has 1 aromatic rings. The molecule has 1 aliphatic heterocycles. The van der Waals surface area contributed by atoms with Gasteiger partial charge in [0.25, 0.3) is 0 Å². The van der Waals surface area contributed by atoms with Gasteiger partial charge >= 0.3 is 0 Å². The molecule has 4 heteroatoms. The zero-order chi connectivity index (χ0) is 13.7. The highest BCUT2D eigenvalue weighted by Crippen LogP contribution is 2.30. The van der Waals surface area contributed by atoms with Crippen molar-refractivity contribution in [1.29, 1.82) is 0 Å². The number of furan rings is 1. The molecule has 2 heterocycles. The SMILES string of the molecule is CC(NCCN1CCSC(C)(C)CC1)c1ccco1. The van der Waals surface area contributed by atoms with Gasteiger partial charge in [-0.3, -0.25) is 0 Å². The van der Waals surface area contributed by atoms with E-state index in [0.717, 1.165) is 18.8 Å². The molecule has 1 aromatic heterocycles. The Morgan fingerprint density at radius 1 is 1.47 bits per heavy atom. The maximum Gasteiger partial charge on any atom is 0.120 e. The zero-order valence-corrected chi connectivity index (χ0v) is 13.1. The minimum atomic E-state index is 0.299. The average Bonchev–Trinajstić information content (AvgIpc) is 2.83. The van der Waals surface area contributed by atoms with Crippen LogP contribution >= 0.6 is 11.8 Å². The second-order valence-corrected chi connectivity index (χ2v) is 7.69. The summed E-state index contributed by atoms with van der Waals surface area (Å²) in [5.41, 5.74) is 0. The third kappa shape index (κ3) is 4.86. The van der Waals surface area contributed by atoms with E-state index in [0.29, 0.717) is 10.8 Å². The summed E-state index contributed by atoms with van der Waals surface area (Å²) in [4.78, 5) is 2.57. The van der Waals surface area contributed by atoms with E-state index in [1.54, 1.807) is 6.26 Å². The smallest absolute Gasteiger partial charge is 0.120 e. The number of hydrogen-bond donors (Lipinski definition) is 1. The van der Waals surface area contributed by atoms with Crippen molar-refractivity contribution in [1.82, 2.24) is 10.2 Å². The summed E-state index contributed by atoms with van der Waals surface area (Å²) in [6, 6.07) is 4.28. The van der Waals surface area contributed by atoms with Crippen LogP contribution in [0.15, 0.2) is 22.8 Å². The highest BCUT2D eigenvalue weighted by Gasteiger charge is 2.23. The Bertz CT molecular complexity index is 364. The maximum atomic E-state index is 5.41. The normalized spacial score (nSPS) is 22.1. The monoisotopic (exact) mass is 282 g/mol. The second-order valence-electron chi connectivity index (χ2n) is 5.89. The molecule has 0 radical (unpaired) electrons. The summed E-state index contributed by atoms with van der Waals surface area (Å²) < 4.78 is 5.85. The molecule has 1 saturated heterocycles. The van der Waals surface area contributed by atoms with Crippen molar-refractivity contribution in [2.75, 3.05) is 31.9 Å². The Morgan fingerprint density at radius 3 is 3.05 bits per heavy atom. The number of nitrogens with zero attached hydrogens (tertiary/aromatic N) is 1. The Morgan fingerprint density at radius 2 is 2.32 bits per heavy atom. The molecule has 0 spiro atoms. The summed E-state index contributed by atoms with van der Waals surface area (Å²) >= 11 is 2.11. The maximum absolute atomic E-state index is 5.41. The van der Waals surface area contributed by atoms with Crippen LogP contribution < -0.4 is 5.32 Å². The van der Waals surface area contributed by atoms with Crippen LogP contribution in [0, 0.1) is 0 Å². The molecule has 1 fully saturated rings. The lowest BCUT2D eigenvalue weighted by Gasteiger charge is -2.23. The Balaban J connectivity index is 1.68. The van der Waals surface area contributed by atoms with Gasteiger partial charge in [0, 0.05) is 30.1 Å². The van der Waals surface area contributed by atoms with Crippen molar-refractivity contribution < 1.29 is 4.42 Å². The first-order valence-corrected chi connectivity index (χ1v) is 8.18. The number of thioether (sulfide) groups is 1. The van der Waals surface area contributed by atoms with Crippen molar-refractivity contribution in [2.24, 2.45) is 0 Å². The summed E-state index contributed by atoms with van der Waals surface area (Å²) in [5, 5.41) is 3.53. The van der Waals surface area contributed by atoms with Gasteiger partial charge in [0.05, 0.1) is 12.3 Å². The number of hydrogen-bond acceptors (Lipinski definition) is 4. The molecule has 0 saturated carbocycles. The minimum absolute atomic E-state index is 0.299. The first-order chi connectivity index (χ1) is 9.07. The quantitative estimate of drug-likeness (QED) is 0.898.